The van der Waals surface area contributed by atoms with Crippen LogP contribution in [-0.2, 0) is 23.7 Å². The topological polar surface area (TPSA) is 133 Å². The SMILES string of the molecule is CCN1C[C@]2(COC(=O)c3ccccc3N)CC[C@H](OC)[C@]34[C@@H]2[C@H](OC)[C@@](O)([C@H]13)[C@@]1(O)C[C@@H](OC)[C@@H]2C[C@H]4[C@@H]1[C@H]2OC. The van der Waals surface area contributed by atoms with E-state index in [4.69, 9.17) is 29.4 Å². The van der Waals surface area contributed by atoms with Crippen LogP contribution in [0.1, 0.15) is 43.0 Å². The van der Waals surface area contributed by atoms with Crippen LogP contribution in [0.25, 0.3) is 0 Å². The molecule has 4 N–H and O–H groups in total. The van der Waals surface area contributed by atoms with Crippen LogP contribution < -0.4 is 5.73 Å². The van der Waals surface area contributed by atoms with Crippen LogP contribution >= 0.6 is 0 Å². The second-order valence-electron chi connectivity index (χ2n) is 13.8. The number of esters is 1. The Morgan fingerprint density at radius 3 is 2.50 bits per heavy atom. The third kappa shape index (κ3) is 3.12. The van der Waals surface area contributed by atoms with Crippen molar-refractivity contribution in [1.82, 2.24) is 4.90 Å². The molecule has 0 aromatic heterocycles. The maximum Gasteiger partial charge on any atom is 0.340 e. The Labute approximate surface area is 247 Å². The number of hydrogen-bond donors (Lipinski definition) is 3. The fourth-order valence-corrected chi connectivity index (χ4v) is 12.0. The summed E-state index contributed by atoms with van der Waals surface area (Å²) in [5.74, 6) is -0.892. The number of carbonyl (C=O) groups is 1. The highest BCUT2D eigenvalue weighted by Gasteiger charge is 2.91. The summed E-state index contributed by atoms with van der Waals surface area (Å²) < 4.78 is 31.1. The van der Waals surface area contributed by atoms with Crippen molar-refractivity contribution in [1.29, 1.82) is 0 Å². The minimum absolute atomic E-state index is 0.00697. The number of likely N-dealkylation sites (N-methyl/N-ethyl adjacent to an activating group) is 1. The van der Waals surface area contributed by atoms with Crippen LogP contribution in [0.3, 0.4) is 0 Å². The normalized spacial score (nSPS) is 50.1. The van der Waals surface area contributed by atoms with Crippen molar-refractivity contribution in [3.63, 3.8) is 0 Å². The van der Waals surface area contributed by atoms with Crippen molar-refractivity contribution < 1.29 is 38.7 Å². The Morgan fingerprint density at radius 2 is 1.86 bits per heavy atom. The van der Waals surface area contributed by atoms with E-state index in [1.54, 1.807) is 52.7 Å². The van der Waals surface area contributed by atoms with E-state index in [0.717, 1.165) is 19.3 Å². The first-order valence-corrected chi connectivity index (χ1v) is 15.5. The third-order valence-electron chi connectivity index (χ3n) is 13.0. The molecule has 7 rings (SSSR count). The minimum Gasteiger partial charge on any atom is -0.461 e. The number of rotatable bonds is 8. The molecule has 6 fully saturated rings. The molecule has 1 aromatic carbocycles. The van der Waals surface area contributed by atoms with Crippen molar-refractivity contribution in [2.24, 2.45) is 34.5 Å². The molecule has 5 saturated carbocycles. The molecule has 1 spiro atoms. The quantitative estimate of drug-likeness (QED) is 0.306. The number of nitrogens with two attached hydrogens (primary N) is 1. The lowest BCUT2D eigenvalue weighted by molar-refractivity contribution is -0.320. The first kappa shape index (κ1) is 29.0. The Morgan fingerprint density at radius 1 is 1.10 bits per heavy atom. The number of fused-ring (bicyclic) bond motifs is 2. The molecular weight excluding hydrogens is 540 g/mol. The maximum absolute atomic E-state index is 13.4. The van der Waals surface area contributed by atoms with E-state index in [-0.39, 0.29) is 48.6 Å². The number of hydrogen-bond acceptors (Lipinski definition) is 10. The summed E-state index contributed by atoms with van der Waals surface area (Å²) in [4.78, 5) is 15.7. The number of anilines is 1. The zero-order valence-corrected chi connectivity index (χ0v) is 25.3. The van der Waals surface area contributed by atoms with Gasteiger partial charge in [-0.1, -0.05) is 19.1 Å². The van der Waals surface area contributed by atoms with Crippen molar-refractivity contribution >= 4 is 11.7 Å². The Hall–Kier alpha value is -1.79. The summed E-state index contributed by atoms with van der Waals surface area (Å²) in [6.45, 7) is 3.54. The summed E-state index contributed by atoms with van der Waals surface area (Å²) in [6, 6.07) is 6.55. The predicted octanol–water partition coefficient (Wildman–Crippen LogP) is 1.72. The molecule has 6 aliphatic rings. The lowest BCUT2D eigenvalue weighted by Gasteiger charge is -2.70. The fourth-order valence-electron chi connectivity index (χ4n) is 12.0. The molecule has 42 heavy (non-hydrogen) atoms. The molecule has 0 amide bonds. The number of piperidine rings is 1. The van der Waals surface area contributed by atoms with Gasteiger partial charge in [0, 0.05) is 75.7 Å². The molecule has 1 aliphatic heterocycles. The van der Waals surface area contributed by atoms with E-state index in [9.17, 15) is 15.0 Å². The molecule has 1 aromatic rings. The summed E-state index contributed by atoms with van der Waals surface area (Å²) in [5.41, 5.74) is 2.65. The van der Waals surface area contributed by atoms with Gasteiger partial charge in [-0.2, -0.15) is 0 Å². The van der Waals surface area contributed by atoms with Crippen LogP contribution in [0.2, 0.25) is 0 Å². The average molecular weight is 587 g/mol. The smallest absolute Gasteiger partial charge is 0.340 e. The van der Waals surface area contributed by atoms with Gasteiger partial charge >= 0.3 is 5.97 Å². The van der Waals surface area contributed by atoms with E-state index >= 15 is 0 Å². The van der Waals surface area contributed by atoms with Crippen molar-refractivity contribution in [2.75, 3.05) is 53.9 Å². The van der Waals surface area contributed by atoms with Crippen LogP contribution in [0.4, 0.5) is 5.69 Å². The monoisotopic (exact) mass is 586 g/mol. The van der Waals surface area contributed by atoms with E-state index < -0.39 is 40.1 Å². The summed E-state index contributed by atoms with van der Waals surface area (Å²) >= 11 is 0. The number of aliphatic hydroxyl groups is 2. The Balaban J connectivity index is 1.41. The van der Waals surface area contributed by atoms with Gasteiger partial charge in [0.15, 0.2) is 0 Å². The van der Waals surface area contributed by atoms with E-state index in [0.29, 0.717) is 30.8 Å². The van der Waals surface area contributed by atoms with Gasteiger partial charge in [-0.05, 0) is 43.9 Å². The number of ether oxygens (including phenoxy) is 5. The van der Waals surface area contributed by atoms with Crippen molar-refractivity contribution in [2.45, 2.75) is 74.3 Å². The minimum atomic E-state index is -1.62. The predicted molar refractivity (Wildman–Crippen MR) is 153 cm³/mol. The lowest BCUT2D eigenvalue weighted by atomic mass is 9.42. The number of benzene rings is 1. The highest BCUT2D eigenvalue weighted by atomic mass is 16.5. The average Bonchev–Trinajstić information content (AvgIpc) is 3.41. The van der Waals surface area contributed by atoms with Gasteiger partial charge in [-0.15, -0.1) is 0 Å². The third-order valence-corrected chi connectivity index (χ3v) is 13.0. The number of likely N-dealkylation sites (tertiary alicyclic amines) is 1. The van der Waals surface area contributed by atoms with Gasteiger partial charge in [0.2, 0.25) is 0 Å². The van der Waals surface area contributed by atoms with Crippen LogP contribution in [0.15, 0.2) is 24.3 Å². The van der Waals surface area contributed by atoms with Gasteiger partial charge in [0.05, 0.1) is 42.6 Å². The molecule has 1 heterocycles. The first-order chi connectivity index (χ1) is 20.1. The zero-order chi connectivity index (χ0) is 29.8. The molecular formula is C32H46N2O8. The largest absolute Gasteiger partial charge is 0.461 e. The number of nitrogens with zero attached hydrogens (tertiary/aromatic N) is 1. The van der Waals surface area contributed by atoms with Crippen LogP contribution in [0, 0.1) is 34.5 Å². The summed E-state index contributed by atoms with van der Waals surface area (Å²) in [7, 11) is 6.80. The van der Waals surface area contributed by atoms with Crippen molar-refractivity contribution in [3.05, 3.63) is 29.8 Å². The van der Waals surface area contributed by atoms with Gasteiger partial charge in [-0.25, -0.2) is 4.79 Å². The second kappa shape index (κ2) is 9.60. The molecule has 232 valence electrons. The van der Waals surface area contributed by atoms with E-state index in [1.165, 1.54) is 0 Å². The number of para-hydroxylation sites is 1. The molecule has 1 saturated heterocycles. The van der Waals surface area contributed by atoms with Crippen LogP contribution in [0.5, 0.6) is 0 Å². The zero-order valence-electron chi connectivity index (χ0n) is 25.3. The van der Waals surface area contributed by atoms with E-state index in [2.05, 4.69) is 11.8 Å². The van der Waals surface area contributed by atoms with Gasteiger partial charge < -0.3 is 39.6 Å². The second-order valence-corrected chi connectivity index (χ2v) is 13.8. The van der Waals surface area contributed by atoms with Gasteiger partial charge in [0.25, 0.3) is 0 Å². The molecule has 0 radical (unpaired) electrons. The van der Waals surface area contributed by atoms with Crippen LogP contribution in [-0.4, -0.2) is 111 Å². The lowest BCUT2D eigenvalue weighted by Crippen LogP contribution is -2.82. The molecule has 7 bridgehead atoms. The fraction of sp³-hybridized carbons (Fsp3) is 0.781. The highest BCUT2D eigenvalue weighted by Crippen LogP contribution is 2.80. The summed E-state index contributed by atoms with van der Waals surface area (Å²) in [6.07, 6.45) is 1.22. The highest BCUT2D eigenvalue weighted by molar-refractivity contribution is 5.95. The molecule has 5 aliphatic carbocycles. The Bertz CT molecular complexity index is 1250. The Kier molecular flexibility index (Phi) is 6.62. The standard InChI is InChI=1S/C32H46N2O8/c1-6-34-15-29(16-42-27(35)17-9-7-8-10-20(17)33)12-11-22(39-3)31-19-13-18-21(38-2)14-30(36,23(19)24(18)40-4)32(37,28(31)34)26(41-5)25(29)31/h7-10,18-19,21-26,28,36-37H,6,11-16,33H2,1-5H3/t18-,19-,21+,22-,23+,24-,25+,26-,28+,29-,30+,31+,32+/m0/s1. The maximum atomic E-state index is 13.4. The van der Waals surface area contributed by atoms with Gasteiger partial charge in [-0.3, -0.25) is 4.90 Å². The number of nitrogen functional groups attached to an aromatic ring is 1. The number of carbonyl (C=O) groups excluding carboxylic acids is 1. The van der Waals surface area contributed by atoms with E-state index in [1.807, 2.05) is 0 Å². The van der Waals surface area contributed by atoms with Crippen molar-refractivity contribution in [3.8, 4) is 0 Å². The first-order valence-electron chi connectivity index (χ1n) is 15.5. The summed E-state index contributed by atoms with van der Waals surface area (Å²) in [5, 5.41) is 26.3. The molecule has 10 heteroatoms. The molecule has 13 atom stereocenters. The van der Waals surface area contributed by atoms with Gasteiger partial charge in [0.1, 0.15) is 11.2 Å². The molecule has 0 unspecified atom stereocenters. The number of methoxy groups -OCH3 is 4. The molecule has 10 nitrogen and oxygen atoms in total.